The summed E-state index contributed by atoms with van der Waals surface area (Å²) in [6.45, 7) is 2.38. The van der Waals surface area contributed by atoms with Gasteiger partial charge in [-0.05, 0) is 74.8 Å². The summed E-state index contributed by atoms with van der Waals surface area (Å²) >= 11 is 5.79. The molecule has 0 aliphatic heterocycles. The van der Waals surface area contributed by atoms with Gasteiger partial charge in [-0.15, -0.1) is 11.6 Å². The summed E-state index contributed by atoms with van der Waals surface area (Å²) in [6.07, 6.45) is 5.10. The molecule has 2 aliphatic carbocycles. The Morgan fingerprint density at radius 1 is 1.21 bits per heavy atom. The van der Waals surface area contributed by atoms with Crippen molar-refractivity contribution in [3.05, 3.63) is 48.0 Å². The second-order valence-corrected chi connectivity index (χ2v) is 9.53. The molecule has 0 bridgehead atoms. The predicted molar refractivity (Wildman–Crippen MR) is 133 cm³/mol. The molecule has 1 heterocycles. The number of nitrogens with zero attached hydrogens (tertiary/aromatic N) is 2. The van der Waals surface area contributed by atoms with Gasteiger partial charge in [0.1, 0.15) is 24.5 Å². The van der Waals surface area contributed by atoms with Crippen LogP contribution < -0.4 is 10.1 Å². The zero-order valence-corrected chi connectivity index (χ0v) is 20.0. The Hall–Kier alpha value is -3.17. The summed E-state index contributed by atoms with van der Waals surface area (Å²) in [4.78, 5) is 12.2. The molecule has 0 radical (unpaired) electrons. The highest BCUT2D eigenvalue weighted by Crippen LogP contribution is 2.43. The lowest BCUT2D eigenvalue weighted by Gasteiger charge is -2.30. The van der Waals surface area contributed by atoms with Gasteiger partial charge in [-0.1, -0.05) is 12.1 Å². The highest BCUT2D eigenvalue weighted by molar-refractivity contribution is 6.18. The lowest BCUT2D eigenvalue weighted by atomic mass is 9.92. The van der Waals surface area contributed by atoms with E-state index in [2.05, 4.69) is 16.0 Å². The number of carbonyl (C=O) groups excluding carboxylic acids is 1. The first kappa shape index (κ1) is 22.6. The van der Waals surface area contributed by atoms with E-state index in [4.69, 9.17) is 21.1 Å². The number of amides is 1. The summed E-state index contributed by atoms with van der Waals surface area (Å²) < 4.78 is 13.5. The SMILES string of the molecule is CC(OC(=O)Nc1ccc(-c2c(C#N)c3ccc(OCCCl)cc3n2C2CCC2)cc1)C1CC1. The number of nitrogens with one attached hydrogen (secondary N) is 1. The van der Waals surface area contributed by atoms with Crippen molar-refractivity contribution >= 4 is 34.3 Å². The first-order valence-electron chi connectivity index (χ1n) is 11.9. The number of hydrogen-bond acceptors (Lipinski definition) is 4. The Morgan fingerprint density at radius 3 is 2.59 bits per heavy atom. The van der Waals surface area contributed by atoms with E-state index < -0.39 is 6.09 Å². The van der Waals surface area contributed by atoms with Crippen LogP contribution in [0.3, 0.4) is 0 Å². The Kier molecular flexibility index (Phi) is 6.38. The van der Waals surface area contributed by atoms with Gasteiger partial charge in [-0.25, -0.2) is 4.79 Å². The van der Waals surface area contributed by atoms with Gasteiger partial charge < -0.3 is 14.0 Å². The number of benzene rings is 2. The molecular formula is C27H28ClN3O3. The number of carbonyl (C=O) groups is 1. The standard InChI is InChI=1S/C27H28ClN3O3/c1-17(18-5-6-18)34-27(32)30-20-9-7-19(8-10-20)26-24(16-29)23-12-11-22(33-14-13-28)15-25(23)31(26)21-3-2-4-21/h7-12,15,17-18,21H,2-6,13-14H2,1H3,(H,30,32). The number of rotatable bonds is 8. The molecule has 1 unspecified atom stereocenters. The minimum absolute atomic E-state index is 0.0612. The molecule has 2 fully saturated rings. The molecule has 0 saturated heterocycles. The van der Waals surface area contributed by atoms with E-state index >= 15 is 0 Å². The molecule has 1 N–H and O–H groups in total. The van der Waals surface area contributed by atoms with Crippen LogP contribution in [-0.4, -0.2) is 29.3 Å². The lowest BCUT2D eigenvalue weighted by molar-refractivity contribution is 0.108. The van der Waals surface area contributed by atoms with E-state index in [0.717, 1.165) is 53.6 Å². The highest BCUT2D eigenvalue weighted by Gasteiger charge is 2.31. The summed E-state index contributed by atoms with van der Waals surface area (Å²) in [6, 6.07) is 16.3. The summed E-state index contributed by atoms with van der Waals surface area (Å²) in [5.74, 6) is 1.66. The third-order valence-electron chi connectivity index (χ3n) is 6.86. The van der Waals surface area contributed by atoms with E-state index in [1.807, 2.05) is 49.4 Å². The van der Waals surface area contributed by atoms with Crippen LogP contribution in [0, 0.1) is 17.2 Å². The highest BCUT2D eigenvalue weighted by atomic mass is 35.5. The van der Waals surface area contributed by atoms with Crippen molar-refractivity contribution in [3.63, 3.8) is 0 Å². The van der Waals surface area contributed by atoms with Crippen LogP contribution in [0.25, 0.3) is 22.2 Å². The summed E-state index contributed by atoms with van der Waals surface area (Å²) in [7, 11) is 0. The van der Waals surface area contributed by atoms with Crippen molar-refractivity contribution in [1.29, 1.82) is 5.26 Å². The van der Waals surface area contributed by atoms with Gasteiger partial charge in [0.05, 0.1) is 22.7 Å². The van der Waals surface area contributed by atoms with Crippen molar-refractivity contribution in [2.24, 2.45) is 5.92 Å². The third-order valence-corrected chi connectivity index (χ3v) is 7.01. The molecule has 1 amide bonds. The van der Waals surface area contributed by atoms with Crippen LogP contribution in [0.15, 0.2) is 42.5 Å². The van der Waals surface area contributed by atoms with Gasteiger partial charge in [-0.2, -0.15) is 5.26 Å². The largest absolute Gasteiger partial charge is 0.492 e. The second-order valence-electron chi connectivity index (χ2n) is 9.16. The van der Waals surface area contributed by atoms with Gasteiger partial charge in [0.15, 0.2) is 0 Å². The number of nitriles is 1. The van der Waals surface area contributed by atoms with E-state index in [1.165, 1.54) is 6.42 Å². The normalized spacial score (nSPS) is 16.5. The summed E-state index contributed by atoms with van der Waals surface area (Å²) in [5.41, 5.74) is 4.17. The van der Waals surface area contributed by atoms with E-state index in [1.54, 1.807) is 0 Å². The molecule has 1 atom stereocenters. The number of alkyl halides is 1. The van der Waals surface area contributed by atoms with Crippen molar-refractivity contribution in [2.45, 2.75) is 51.2 Å². The van der Waals surface area contributed by atoms with E-state index in [0.29, 0.717) is 35.7 Å². The maximum absolute atomic E-state index is 12.2. The molecular weight excluding hydrogens is 450 g/mol. The zero-order chi connectivity index (χ0) is 23.7. The van der Waals surface area contributed by atoms with Crippen LogP contribution in [-0.2, 0) is 4.74 Å². The molecule has 1 aromatic heterocycles. The molecule has 176 valence electrons. The number of halogens is 1. The second kappa shape index (κ2) is 9.60. The third kappa shape index (κ3) is 4.45. The Bertz CT molecular complexity index is 1240. The topological polar surface area (TPSA) is 76.3 Å². The summed E-state index contributed by atoms with van der Waals surface area (Å²) in [5, 5.41) is 13.8. The first-order valence-corrected chi connectivity index (χ1v) is 12.5. The van der Waals surface area contributed by atoms with Gasteiger partial charge in [0.25, 0.3) is 0 Å². The van der Waals surface area contributed by atoms with Crippen molar-refractivity contribution in [3.8, 4) is 23.1 Å². The molecule has 0 spiro atoms. The van der Waals surface area contributed by atoms with Gasteiger partial charge in [0, 0.05) is 23.2 Å². The average Bonchev–Trinajstić information content (AvgIpc) is 3.61. The fourth-order valence-corrected chi connectivity index (χ4v) is 4.72. The molecule has 3 aromatic rings. The Balaban J connectivity index is 1.47. The number of anilines is 1. The first-order chi connectivity index (χ1) is 16.6. The fraction of sp³-hybridized carbons (Fsp3) is 0.407. The van der Waals surface area contributed by atoms with Crippen molar-refractivity contribution < 1.29 is 14.3 Å². The zero-order valence-electron chi connectivity index (χ0n) is 19.2. The van der Waals surface area contributed by atoms with Crippen LogP contribution in [0.4, 0.5) is 10.5 Å². The maximum Gasteiger partial charge on any atom is 0.411 e. The number of fused-ring (bicyclic) bond motifs is 1. The quantitative estimate of drug-likeness (QED) is 0.359. The van der Waals surface area contributed by atoms with Crippen LogP contribution in [0.1, 0.15) is 50.6 Å². The van der Waals surface area contributed by atoms with Gasteiger partial charge in [-0.3, -0.25) is 5.32 Å². The minimum Gasteiger partial charge on any atom is -0.492 e. The smallest absolute Gasteiger partial charge is 0.411 e. The van der Waals surface area contributed by atoms with Gasteiger partial charge in [0.2, 0.25) is 0 Å². The molecule has 34 heavy (non-hydrogen) atoms. The minimum atomic E-state index is -0.432. The molecule has 7 heteroatoms. The Labute approximate surface area is 204 Å². The molecule has 2 aromatic carbocycles. The van der Waals surface area contributed by atoms with E-state index in [9.17, 15) is 10.1 Å². The van der Waals surface area contributed by atoms with Crippen LogP contribution in [0.5, 0.6) is 5.75 Å². The molecule has 5 rings (SSSR count). The fourth-order valence-electron chi connectivity index (χ4n) is 4.65. The number of aromatic nitrogens is 1. The van der Waals surface area contributed by atoms with E-state index in [-0.39, 0.29) is 6.10 Å². The lowest BCUT2D eigenvalue weighted by Crippen LogP contribution is -2.21. The van der Waals surface area contributed by atoms with Gasteiger partial charge >= 0.3 is 6.09 Å². The van der Waals surface area contributed by atoms with Crippen molar-refractivity contribution in [2.75, 3.05) is 17.8 Å². The average molecular weight is 478 g/mol. The predicted octanol–water partition coefficient (Wildman–Crippen LogP) is 6.87. The molecule has 6 nitrogen and oxygen atoms in total. The molecule has 2 aliphatic rings. The number of ether oxygens (including phenoxy) is 2. The Morgan fingerprint density at radius 2 is 1.97 bits per heavy atom. The number of hydrogen-bond donors (Lipinski definition) is 1. The van der Waals surface area contributed by atoms with Crippen LogP contribution >= 0.6 is 11.6 Å². The molecule has 2 saturated carbocycles. The van der Waals surface area contributed by atoms with Crippen molar-refractivity contribution in [1.82, 2.24) is 4.57 Å². The monoisotopic (exact) mass is 477 g/mol. The van der Waals surface area contributed by atoms with Crippen LogP contribution in [0.2, 0.25) is 0 Å². The maximum atomic E-state index is 12.2.